The van der Waals surface area contributed by atoms with Crippen molar-refractivity contribution in [3.63, 3.8) is 0 Å². The number of ether oxygens (including phenoxy) is 2. The molecule has 3 aromatic heterocycles. The molecule has 0 aromatic carbocycles. The van der Waals surface area contributed by atoms with Gasteiger partial charge in [0.05, 0.1) is 24.8 Å². The molecule has 0 N–H and O–H groups in total. The van der Waals surface area contributed by atoms with E-state index in [9.17, 15) is 4.79 Å². The summed E-state index contributed by atoms with van der Waals surface area (Å²) in [5.74, 6) is -0.0852. The Kier molecular flexibility index (Phi) is 4.57. The number of halogens is 1. The summed E-state index contributed by atoms with van der Waals surface area (Å²) in [5.41, 5.74) is 2.49. The molecule has 0 unspecified atom stereocenters. The summed E-state index contributed by atoms with van der Waals surface area (Å²) >= 11 is 6.24. The number of methoxy groups -OCH3 is 1. The van der Waals surface area contributed by atoms with Gasteiger partial charge in [0, 0.05) is 29.6 Å². The fourth-order valence-electron chi connectivity index (χ4n) is 2.37. The van der Waals surface area contributed by atoms with E-state index in [1.165, 1.54) is 13.3 Å². The first-order valence-corrected chi connectivity index (χ1v) is 7.65. The van der Waals surface area contributed by atoms with Gasteiger partial charge in [-0.1, -0.05) is 11.6 Å². The van der Waals surface area contributed by atoms with E-state index >= 15 is 0 Å². The van der Waals surface area contributed by atoms with Gasteiger partial charge in [-0.2, -0.15) is 0 Å². The predicted molar refractivity (Wildman–Crippen MR) is 90.3 cm³/mol. The monoisotopic (exact) mass is 343 g/mol. The number of hydrogen-bond donors (Lipinski definition) is 0. The second-order valence-electron chi connectivity index (χ2n) is 4.83. The number of nitrogens with zero attached hydrogens (tertiary/aromatic N) is 3. The third-order valence-corrected chi connectivity index (χ3v) is 3.72. The minimum atomic E-state index is -0.494. The lowest BCUT2D eigenvalue weighted by Gasteiger charge is -2.13. The normalized spacial score (nSPS) is 10.6. The van der Waals surface area contributed by atoms with Gasteiger partial charge in [0.15, 0.2) is 0 Å². The van der Waals surface area contributed by atoms with Crippen LogP contribution in [-0.2, 0) is 4.74 Å². The van der Waals surface area contributed by atoms with Crippen LogP contribution in [0.5, 0.6) is 5.88 Å². The molecule has 0 amide bonds. The van der Waals surface area contributed by atoms with Crippen molar-refractivity contribution >= 4 is 28.6 Å². The summed E-state index contributed by atoms with van der Waals surface area (Å²) in [6, 6.07) is 6.98. The number of fused-ring (bicyclic) bond motifs is 1. The lowest BCUT2D eigenvalue weighted by Crippen LogP contribution is -2.08. The van der Waals surface area contributed by atoms with E-state index in [2.05, 4.69) is 15.0 Å². The van der Waals surface area contributed by atoms with Crippen molar-refractivity contribution in [3.8, 4) is 17.0 Å². The molecule has 3 aromatic rings. The third kappa shape index (κ3) is 2.88. The Morgan fingerprint density at radius 1 is 1.25 bits per heavy atom. The van der Waals surface area contributed by atoms with Crippen molar-refractivity contribution in [1.29, 1.82) is 0 Å². The van der Waals surface area contributed by atoms with Gasteiger partial charge in [-0.05, 0) is 25.1 Å². The lowest BCUT2D eigenvalue weighted by atomic mass is 10.0. The van der Waals surface area contributed by atoms with Crippen LogP contribution < -0.4 is 4.74 Å². The summed E-state index contributed by atoms with van der Waals surface area (Å²) in [5, 5.41) is 0.264. The van der Waals surface area contributed by atoms with E-state index in [1.807, 2.05) is 0 Å². The number of aromatic nitrogens is 3. The van der Waals surface area contributed by atoms with Crippen LogP contribution in [0.25, 0.3) is 22.2 Å². The fourth-order valence-corrected chi connectivity index (χ4v) is 2.58. The van der Waals surface area contributed by atoms with Gasteiger partial charge in [-0.15, -0.1) is 0 Å². The average molecular weight is 344 g/mol. The molecule has 0 aliphatic heterocycles. The zero-order chi connectivity index (χ0) is 17.1. The van der Waals surface area contributed by atoms with Crippen molar-refractivity contribution in [3.05, 3.63) is 47.4 Å². The highest BCUT2D eigenvalue weighted by atomic mass is 35.5. The van der Waals surface area contributed by atoms with Crippen molar-refractivity contribution in [2.45, 2.75) is 6.92 Å². The van der Waals surface area contributed by atoms with E-state index in [0.717, 1.165) is 0 Å². The minimum absolute atomic E-state index is 0.253. The number of esters is 1. The predicted octanol–water partition coefficient (Wildman–Crippen LogP) is 3.53. The summed E-state index contributed by atoms with van der Waals surface area (Å²) in [4.78, 5) is 25.2. The number of carbonyl (C=O) groups excluding carboxylic acids is 1. The molecule has 0 saturated heterocycles. The molecule has 7 heteroatoms. The first kappa shape index (κ1) is 16.1. The molecule has 3 rings (SSSR count). The van der Waals surface area contributed by atoms with Crippen molar-refractivity contribution < 1.29 is 14.3 Å². The first-order chi connectivity index (χ1) is 11.7. The van der Waals surface area contributed by atoms with Crippen LogP contribution in [0.15, 0.2) is 36.7 Å². The lowest BCUT2D eigenvalue weighted by molar-refractivity contribution is 0.0527. The fraction of sp³-hybridized carbons (Fsp3) is 0.176. The van der Waals surface area contributed by atoms with Crippen LogP contribution in [0.2, 0.25) is 5.15 Å². The molecule has 0 radical (unpaired) electrons. The molecule has 122 valence electrons. The number of rotatable bonds is 4. The number of pyridine rings is 3. The second-order valence-corrected chi connectivity index (χ2v) is 5.19. The average Bonchev–Trinajstić information content (AvgIpc) is 2.61. The molecule has 0 saturated carbocycles. The molecule has 0 bridgehead atoms. The maximum Gasteiger partial charge on any atom is 0.340 e. The minimum Gasteiger partial charge on any atom is -0.481 e. The van der Waals surface area contributed by atoms with Crippen LogP contribution in [0, 0.1) is 0 Å². The Morgan fingerprint density at radius 2 is 2.08 bits per heavy atom. The SMILES string of the molecule is CCOC(=O)c1cnc2ccc(OC)nc2c1-c1cccnc1Cl. The van der Waals surface area contributed by atoms with Crippen LogP contribution in [0.1, 0.15) is 17.3 Å². The molecule has 0 fully saturated rings. The summed E-state index contributed by atoms with van der Waals surface area (Å²) in [7, 11) is 1.52. The molecule has 24 heavy (non-hydrogen) atoms. The smallest absolute Gasteiger partial charge is 0.340 e. The van der Waals surface area contributed by atoms with Gasteiger partial charge in [0.1, 0.15) is 10.7 Å². The Balaban J connectivity index is 2.37. The van der Waals surface area contributed by atoms with E-state index < -0.39 is 5.97 Å². The van der Waals surface area contributed by atoms with Crippen molar-refractivity contribution in [2.75, 3.05) is 13.7 Å². The molecule has 0 spiro atoms. The Bertz CT molecular complexity index is 915. The Labute approximate surface area is 143 Å². The topological polar surface area (TPSA) is 74.2 Å². The molecular weight excluding hydrogens is 330 g/mol. The third-order valence-electron chi connectivity index (χ3n) is 3.42. The number of hydrogen-bond acceptors (Lipinski definition) is 6. The quantitative estimate of drug-likeness (QED) is 0.533. The number of carbonyl (C=O) groups is 1. The van der Waals surface area contributed by atoms with E-state index in [-0.39, 0.29) is 17.3 Å². The maximum absolute atomic E-state index is 12.4. The van der Waals surface area contributed by atoms with Gasteiger partial charge in [-0.3, -0.25) is 4.98 Å². The van der Waals surface area contributed by atoms with E-state index in [1.54, 1.807) is 37.4 Å². The molecule has 3 heterocycles. The molecule has 0 aliphatic rings. The van der Waals surface area contributed by atoms with E-state index in [4.69, 9.17) is 21.1 Å². The van der Waals surface area contributed by atoms with Crippen LogP contribution >= 0.6 is 11.6 Å². The molecule has 0 aliphatic carbocycles. The summed E-state index contributed by atoms with van der Waals surface area (Å²) < 4.78 is 10.3. The van der Waals surface area contributed by atoms with Gasteiger partial charge >= 0.3 is 5.97 Å². The summed E-state index contributed by atoms with van der Waals surface area (Å²) in [6.07, 6.45) is 3.04. The molecular formula is C17H14ClN3O3. The van der Waals surface area contributed by atoms with E-state index in [0.29, 0.717) is 28.0 Å². The second kappa shape index (κ2) is 6.80. The standard InChI is InChI=1S/C17H14ClN3O3/c1-3-24-17(22)11-9-20-12-6-7-13(23-2)21-15(12)14(11)10-5-4-8-19-16(10)18/h4-9H,3H2,1-2H3. The van der Waals surface area contributed by atoms with Crippen LogP contribution in [-0.4, -0.2) is 34.6 Å². The highest BCUT2D eigenvalue weighted by molar-refractivity contribution is 6.32. The van der Waals surface area contributed by atoms with Crippen LogP contribution in [0.4, 0.5) is 0 Å². The van der Waals surface area contributed by atoms with Gasteiger partial charge in [0.25, 0.3) is 0 Å². The highest BCUT2D eigenvalue weighted by Gasteiger charge is 2.21. The van der Waals surface area contributed by atoms with Crippen molar-refractivity contribution in [2.24, 2.45) is 0 Å². The molecule has 6 nitrogen and oxygen atoms in total. The Morgan fingerprint density at radius 3 is 2.79 bits per heavy atom. The van der Waals surface area contributed by atoms with Crippen molar-refractivity contribution in [1.82, 2.24) is 15.0 Å². The van der Waals surface area contributed by atoms with Gasteiger partial charge in [-0.25, -0.2) is 14.8 Å². The zero-order valence-corrected chi connectivity index (χ0v) is 13.9. The zero-order valence-electron chi connectivity index (χ0n) is 13.1. The molecule has 0 atom stereocenters. The van der Waals surface area contributed by atoms with Gasteiger partial charge < -0.3 is 9.47 Å². The largest absolute Gasteiger partial charge is 0.481 e. The first-order valence-electron chi connectivity index (χ1n) is 7.27. The van der Waals surface area contributed by atoms with Gasteiger partial charge in [0.2, 0.25) is 5.88 Å². The van der Waals surface area contributed by atoms with Crippen LogP contribution in [0.3, 0.4) is 0 Å². The Hall–Kier alpha value is -2.73. The highest BCUT2D eigenvalue weighted by Crippen LogP contribution is 2.34. The summed E-state index contributed by atoms with van der Waals surface area (Å²) in [6.45, 7) is 1.99. The maximum atomic E-state index is 12.4.